The number of hydrogen-bond acceptors (Lipinski definition) is 3. The summed E-state index contributed by atoms with van der Waals surface area (Å²) in [5, 5.41) is 5.51. The Morgan fingerprint density at radius 2 is 1.73 bits per heavy atom. The molecule has 5 heteroatoms. The number of anilines is 2. The molecule has 22 heavy (non-hydrogen) atoms. The van der Waals surface area contributed by atoms with Crippen LogP contribution in [0.15, 0.2) is 42.5 Å². The maximum absolute atomic E-state index is 12.0. The Labute approximate surface area is 128 Å². The average molecular weight is 296 g/mol. The van der Waals surface area contributed by atoms with Crippen LogP contribution < -0.4 is 15.4 Å². The molecule has 0 fully saturated rings. The van der Waals surface area contributed by atoms with E-state index in [-0.39, 0.29) is 11.8 Å². The molecule has 0 aromatic heterocycles. The van der Waals surface area contributed by atoms with Gasteiger partial charge in [0.25, 0.3) is 0 Å². The number of ether oxygens (including phenoxy) is 1. The van der Waals surface area contributed by atoms with Gasteiger partial charge in [-0.15, -0.1) is 0 Å². The SMILES string of the molecule is COc1cccc(NC(=O)Nc2ccc3c(c2)CC(=O)C3)c1. The molecule has 0 heterocycles. The average Bonchev–Trinajstić information content (AvgIpc) is 2.86. The van der Waals surface area contributed by atoms with Crippen molar-refractivity contribution in [3.63, 3.8) is 0 Å². The van der Waals surface area contributed by atoms with Crippen molar-refractivity contribution in [2.45, 2.75) is 12.8 Å². The van der Waals surface area contributed by atoms with Crippen molar-refractivity contribution < 1.29 is 14.3 Å². The van der Waals surface area contributed by atoms with Crippen molar-refractivity contribution in [3.05, 3.63) is 53.6 Å². The minimum atomic E-state index is -0.336. The second kappa shape index (κ2) is 5.89. The number of carbonyl (C=O) groups excluding carboxylic acids is 2. The van der Waals surface area contributed by atoms with Gasteiger partial charge in [-0.25, -0.2) is 4.79 Å². The maximum Gasteiger partial charge on any atom is 0.323 e. The van der Waals surface area contributed by atoms with Crippen LogP contribution in [0.2, 0.25) is 0 Å². The van der Waals surface area contributed by atoms with Gasteiger partial charge in [0.2, 0.25) is 0 Å². The molecule has 2 amide bonds. The molecule has 5 nitrogen and oxygen atoms in total. The molecule has 0 unspecified atom stereocenters. The summed E-state index contributed by atoms with van der Waals surface area (Å²) in [6.07, 6.45) is 0.938. The zero-order valence-corrected chi connectivity index (χ0v) is 12.2. The number of carbonyl (C=O) groups is 2. The number of nitrogens with one attached hydrogen (secondary N) is 2. The van der Waals surface area contributed by atoms with E-state index in [9.17, 15) is 9.59 Å². The molecule has 0 aliphatic heterocycles. The summed E-state index contributed by atoms with van der Waals surface area (Å²) in [5.74, 6) is 0.891. The first kappa shape index (κ1) is 14.1. The van der Waals surface area contributed by atoms with Crippen molar-refractivity contribution in [2.75, 3.05) is 17.7 Å². The summed E-state index contributed by atoms with van der Waals surface area (Å²) >= 11 is 0. The van der Waals surface area contributed by atoms with E-state index in [2.05, 4.69) is 10.6 Å². The van der Waals surface area contributed by atoms with Gasteiger partial charge in [0.15, 0.2) is 0 Å². The normalized spacial score (nSPS) is 12.7. The molecule has 0 atom stereocenters. The molecule has 2 aromatic carbocycles. The molecule has 3 rings (SSSR count). The lowest BCUT2D eigenvalue weighted by Crippen LogP contribution is -2.19. The molecule has 0 saturated heterocycles. The Morgan fingerprint density at radius 1 is 1.00 bits per heavy atom. The first-order chi connectivity index (χ1) is 10.6. The lowest BCUT2D eigenvalue weighted by atomic mass is 10.1. The molecule has 0 bridgehead atoms. The third kappa shape index (κ3) is 3.09. The third-order valence-electron chi connectivity index (χ3n) is 3.57. The number of rotatable bonds is 3. The van der Waals surface area contributed by atoms with Crippen LogP contribution in [0.3, 0.4) is 0 Å². The topological polar surface area (TPSA) is 67.4 Å². The number of methoxy groups -OCH3 is 1. The highest BCUT2D eigenvalue weighted by Crippen LogP contribution is 2.23. The minimum absolute atomic E-state index is 0.216. The van der Waals surface area contributed by atoms with Gasteiger partial charge in [-0.1, -0.05) is 12.1 Å². The summed E-state index contributed by atoms with van der Waals surface area (Å²) in [4.78, 5) is 23.4. The third-order valence-corrected chi connectivity index (χ3v) is 3.57. The lowest BCUT2D eigenvalue weighted by Gasteiger charge is -2.09. The Morgan fingerprint density at radius 3 is 2.50 bits per heavy atom. The minimum Gasteiger partial charge on any atom is -0.497 e. The van der Waals surface area contributed by atoms with E-state index >= 15 is 0 Å². The van der Waals surface area contributed by atoms with Crippen molar-refractivity contribution in [1.82, 2.24) is 0 Å². The van der Waals surface area contributed by atoms with Crippen LogP contribution in [0.25, 0.3) is 0 Å². The molecule has 0 spiro atoms. The maximum atomic E-state index is 12.0. The second-order valence-electron chi connectivity index (χ2n) is 5.19. The Kier molecular flexibility index (Phi) is 3.78. The van der Waals surface area contributed by atoms with Crippen LogP contribution >= 0.6 is 0 Å². The number of amides is 2. The van der Waals surface area contributed by atoms with Crippen LogP contribution in [-0.4, -0.2) is 18.9 Å². The molecular weight excluding hydrogens is 280 g/mol. The fourth-order valence-corrected chi connectivity index (χ4v) is 2.52. The second-order valence-corrected chi connectivity index (χ2v) is 5.19. The largest absolute Gasteiger partial charge is 0.497 e. The van der Waals surface area contributed by atoms with Gasteiger partial charge >= 0.3 is 6.03 Å². The summed E-state index contributed by atoms with van der Waals surface area (Å²) in [7, 11) is 1.57. The van der Waals surface area contributed by atoms with E-state index in [1.165, 1.54) is 0 Å². The molecule has 112 valence electrons. The molecule has 1 aliphatic carbocycles. The van der Waals surface area contributed by atoms with Gasteiger partial charge < -0.3 is 15.4 Å². The van der Waals surface area contributed by atoms with E-state index in [1.807, 2.05) is 18.2 Å². The number of benzene rings is 2. The van der Waals surface area contributed by atoms with Crippen molar-refractivity contribution in [1.29, 1.82) is 0 Å². The zero-order valence-electron chi connectivity index (χ0n) is 12.2. The fraction of sp³-hybridized carbons (Fsp3) is 0.176. The van der Waals surface area contributed by atoms with E-state index in [0.717, 1.165) is 11.1 Å². The zero-order chi connectivity index (χ0) is 15.5. The smallest absolute Gasteiger partial charge is 0.323 e. The highest BCUT2D eigenvalue weighted by Gasteiger charge is 2.18. The standard InChI is InChI=1S/C17H16N2O3/c1-22-16-4-2-3-13(10-16)18-17(21)19-14-6-5-11-8-15(20)9-12(11)7-14/h2-7,10H,8-9H2,1H3,(H2,18,19,21). The fourth-order valence-electron chi connectivity index (χ4n) is 2.52. The van der Waals surface area contributed by atoms with Crippen LogP contribution in [-0.2, 0) is 17.6 Å². The van der Waals surface area contributed by atoms with Crippen LogP contribution in [0, 0.1) is 0 Å². The number of fused-ring (bicyclic) bond motifs is 1. The summed E-state index contributed by atoms with van der Waals surface area (Å²) in [6, 6.07) is 12.3. The lowest BCUT2D eigenvalue weighted by molar-refractivity contribution is -0.117. The number of hydrogen-bond donors (Lipinski definition) is 2. The van der Waals surface area contributed by atoms with E-state index in [4.69, 9.17) is 4.74 Å². The molecule has 0 radical (unpaired) electrons. The van der Waals surface area contributed by atoms with Crippen LogP contribution in [0.1, 0.15) is 11.1 Å². The first-order valence-corrected chi connectivity index (χ1v) is 6.99. The number of ketones is 1. The predicted octanol–water partition coefficient (Wildman–Crippen LogP) is 3.01. The predicted molar refractivity (Wildman–Crippen MR) is 84.5 cm³/mol. The monoisotopic (exact) mass is 296 g/mol. The van der Waals surface area contributed by atoms with Crippen LogP contribution in [0.5, 0.6) is 5.75 Å². The molecule has 2 N–H and O–H groups in total. The van der Waals surface area contributed by atoms with Gasteiger partial charge in [-0.2, -0.15) is 0 Å². The summed E-state index contributed by atoms with van der Waals surface area (Å²) in [5.41, 5.74) is 3.36. The summed E-state index contributed by atoms with van der Waals surface area (Å²) in [6.45, 7) is 0. The van der Waals surface area contributed by atoms with Crippen molar-refractivity contribution in [2.24, 2.45) is 0 Å². The molecule has 1 aliphatic rings. The first-order valence-electron chi connectivity index (χ1n) is 6.99. The summed E-state index contributed by atoms with van der Waals surface area (Å²) < 4.78 is 5.11. The van der Waals surface area contributed by atoms with Gasteiger partial charge in [0.1, 0.15) is 11.5 Å². The van der Waals surface area contributed by atoms with Crippen molar-refractivity contribution >= 4 is 23.2 Å². The molecular formula is C17H16N2O3. The van der Waals surface area contributed by atoms with Crippen LogP contribution in [0.4, 0.5) is 16.2 Å². The number of urea groups is 1. The molecule has 2 aromatic rings. The van der Waals surface area contributed by atoms with Crippen molar-refractivity contribution in [3.8, 4) is 5.75 Å². The van der Waals surface area contributed by atoms with Gasteiger partial charge in [0, 0.05) is 30.3 Å². The highest BCUT2D eigenvalue weighted by molar-refractivity contribution is 6.00. The Bertz CT molecular complexity index is 740. The van der Waals surface area contributed by atoms with Gasteiger partial charge in [-0.05, 0) is 35.4 Å². The molecule has 0 saturated carbocycles. The Hall–Kier alpha value is -2.82. The quantitative estimate of drug-likeness (QED) is 0.915. The van der Waals surface area contributed by atoms with E-state index in [1.54, 1.807) is 31.4 Å². The van der Waals surface area contributed by atoms with E-state index in [0.29, 0.717) is 30.0 Å². The highest BCUT2D eigenvalue weighted by atomic mass is 16.5. The van der Waals surface area contributed by atoms with E-state index < -0.39 is 0 Å². The van der Waals surface area contributed by atoms with Gasteiger partial charge in [-0.3, -0.25) is 4.79 Å². The Balaban J connectivity index is 1.67. The number of Topliss-reactive ketones (excluding diaryl/α,β-unsaturated/α-hetero) is 1. The van der Waals surface area contributed by atoms with Gasteiger partial charge in [0.05, 0.1) is 7.11 Å².